The molecule has 0 amide bonds. The number of unbranched alkanes of at least 4 members (excludes halogenated alkanes) is 4. The first-order valence-corrected chi connectivity index (χ1v) is 9.29. The Kier molecular flexibility index (Phi) is 9.68. The van der Waals surface area contributed by atoms with Crippen LogP contribution in [0.25, 0.3) is 0 Å². The largest absolute Gasteiger partial charge is 0.249 e. The molecule has 0 saturated heterocycles. The molecule has 1 rings (SSSR count). The standard InChI is InChI=1S/C15H27NS2/c1-3-5-7-9-14(10-8-6-4-2)18-13-15-16-11-12-17-15/h11-12,14H,3-10,13H2,1-2H3. The summed E-state index contributed by atoms with van der Waals surface area (Å²) in [6, 6.07) is 0. The molecule has 0 aliphatic carbocycles. The third-order valence-electron chi connectivity index (χ3n) is 3.19. The van der Waals surface area contributed by atoms with Crippen LogP contribution in [0.15, 0.2) is 11.6 Å². The van der Waals surface area contributed by atoms with Crippen molar-refractivity contribution in [3.05, 3.63) is 16.6 Å². The maximum absolute atomic E-state index is 4.38. The number of thioether (sulfide) groups is 1. The smallest absolute Gasteiger partial charge is 0.102 e. The van der Waals surface area contributed by atoms with Crippen LogP contribution in [0.4, 0.5) is 0 Å². The summed E-state index contributed by atoms with van der Waals surface area (Å²) >= 11 is 3.92. The lowest BCUT2D eigenvalue weighted by Gasteiger charge is -2.15. The molecule has 0 saturated carbocycles. The lowest BCUT2D eigenvalue weighted by atomic mass is 10.1. The summed E-state index contributed by atoms with van der Waals surface area (Å²) in [4.78, 5) is 4.38. The summed E-state index contributed by atoms with van der Waals surface area (Å²) in [5.74, 6) is 1.11. The number of nitrogens with zero attached hydrogens (tertiary/aromatic N) is 1. The first-order chi connectivity index (χ1) is 8.86. The molecule has 1 heterocycles. The molecule has 1 aromatic heterocycles. The van der Waals surface area contributed by atoms with Crippen LogP contribution in [-0.4, -0.2) is 10.2 Å². The normalized spacial score (nSPS) is 11.3. The van der Waals surface area contributed by atoms with Crippen molar-refractivity contribution in [2.45, 2.75) is 76.2 Å². The minimum Gasteiger partial charge on any atom is -0.249 e. The summed E-state index contributed by atoms with van der Waals surface area (Å²) in [7, 11) is 0. The van der Waals surface area contributed by atoms with Gasteiger partial charge in [0.1, 0.15) is 5.01 Å². The zero-order valence-corrected chi connectivity index (χ0v) is 13.5. The second kappa shape index (κ2) is 10.9. The zero-order valence-electron chi connectivity index (χ0n) is 11.9. The second-order valence-corrected chi connectivity index (χ2v) is 7.12. The van der Waals surface area contributed by atoms with Crippen LogP contribution in [0.3, 0.4) is 0 Å². The summed E-state index contributed by atoms with van der Waals surface area (Å²) in [6.07, 6.45) is 13.0. The first kappa shape index (κ1) is 16.0. The minimum atomic E-state index is 0.854. The van der Waals surface area contributed by atoms with Crippen molar-refractivity contribution in [2.24, 2.45) is 0 Å². The zero-order chi connectivity index (χ0) is 13.1. The van der Waals surface area contributed by atoms with Crippen molar-refractivity contribution >= 4 is 23.1 Å². The second-order valence-electron chi connectivity index (χ2n) is 4.85. The molecule has 1 nitrogen and oxygen atoms in total. The molecule has 1 aromatic rings. The van der Waals surface area contributed by atoms with Gasteiger partial charge in [0.05, 0.1) is 0 Å². The predicted octanol–water partition coefficient (Wildman–Crippen LogP) is 5.91. The Morgan fingerprint density at radius 3 is 2.28 bits per heavy atom. The fourth-order valence-corrected chi connectivity index (χ4v) is 4.06. The molecule has 0 bridgehead atoms. The molecule has 3 heteroatoms. The van der Waals surface area contributed by atoms with Crippen LogP contribution in [0.1, 0.15) is 70.2 Å². The average Bonchev–Trinajstić information content (AvgIpc) is 2.89. The summed E-state index contributed by atoms with van der Waals surface area (Å²) in [5, 5.41) is 4.22. The molecular formula is C15H27NS2. The molecule has 0 radical (unpaired) electrons. The number of aromatic nitrogens is 1. The van der Waals surface area contributed by atoms with Crippen LogP contribution in [0, 0.1) is 0 Å². The van der Waals surface area contributed by atoms with Crippen molar-refractivity contribution in [3.63, 3.8) is 0 Å². The fraction of sp³-hybridized carbons (Fsp3) is 0.800. The number of hydrogen-bond acceptors (Lipinski definition) is 3. The van der Waals surface area contributed by atoms with E-state index in [4.69, 9.17) is 0 Å². The van der Waals surface area contributed by atoms with Gasteiger partial charge < -0.3 is 0 Å². The first-order valence-electron chi connectivity index (χ1n) is 7.36. The molecule has 18 heavy (non-hydrogen) atoms. The van der Waals surface area contributed by atoms with Gasteiger partial charge >= 0.3 is 0 Å². The molecule has 0 aromatic carbocycles. The van der Waals surface area contributed by atoms with E-state index < -0.39 is 0 Å². The van der Waals surface area contributed by atoms with Gasteiger partial charge in [-0.25, -0.2) is 4.98 Å². The molecule has 104 valence electrons. The van der Waals surface area contributed by atoms with Crippen molar-refractivity contribution in [1.29, 1.82) is 0 Å². The quantitative estimate of drug-likeness (QED) is 0.469. The Labute approximate surface area is 121 Å². The van der Waals surface area contributed by atoms with E-state index in [1.165, 1.54) is 56.4 Å². The summed E-state index contributed by atoms with van der Waals surface area (Å²) in [5.41, 5.74) is 0. The lowest BCUT2D eigenvalue weighted by Crippen LogP contribution is -2.03. The molecule has 0 spiro atoms. The number of hydrogen-bond donors (Lipinski definition) is 0. The molecule has 0 N–H and O–H groups in total. The van der Waals surface area contributed by atoms with Crippen LogP contribution >= 0.6 is 23.1 Å². The third-order valence-corrected chi connectivity index (χ3v) is 5.53. The molecule has 0 unspecified atom stereocenters. The number of thiazole rings is 1. The van der Waals surface area contributed by atoms with E-state index in [0.29, 0.717) is 0 Å². The van der Waals surface area contributed by atoms with Gasteiger partial charge in [0.25, 0.3) is 0 Å². The van der Waals surface area contributed by atoms with Crippen LogP contribution < -0.4 is 0 Å². The Bertz CT molecular complexity index is 262. The summed E-state index contributed by atoms with van der Waals surface area (Å²) in [6.45, 7) is 4.57. The third kappa shape index (κ3) is 7.42. The Morgan fingerprint density at radius 2 is 1.78 bits per heavy atom. The highest BCUT2D eigenvalue weighted by Crippen LogP contribution is 2.27. The van der Waals surface area contributed by atoms with Gasteiger partial charge in [-0.1, -0.05) is 52.4 Å². The number of rotatable bonds is 11. The maximum Gasteiger partial charge on any atom is 0.102 e. The maximum atomic E-state index is 4.38. The van der Waals surface area contributed by atoms with E-state index in [1.807, 2.05) is 6.20 Å². The van der Waals surface area contributed by atoms with E-state index in [1.54, 1.807) is 11.3 Å². The highest BCUT2D eigenvalue weighted by atomic mass is 32.2. The highest BCUT2D eigenvalue weighted by Gasteiger charge is 2.10. The van der Waals surface area contributed by atoms with Crippen molar-refractivity contribution in [3.8, 4) is 0 Å². The van der Waals surface area contributed by atoms with Gasteiger partial charge in [0, 0.05) is 22.6 Å². The van der Waals surface area contributed by atoms with Gasteiger partial charge in [-0.2, -0.15) is 11.8 Å². The van der Waals surface area contributed by atoms with E-state index in [9.17, 15) is 0 Å². The van der Waals surface area contributed by atoms with Crippen LogP contribution in [-0.2, 0) is 5.75 Å². The van der Waals surface area contributed by atoms with E-state index in [2.05, 4.69) is 36.0 Å². The van der Waals surface area contributed by atoms with Crippen molar-refractivity contribution in [1.82, 2.24) is 4.98 Å². The molecule has 0 atom stereocenters. The van der Waals surface area contributed by atoms with Gasteiger partial charge in [0.2, 0.25) is 0 Å². The van der Waals surface area contributed by atoms with Crippen molar-refractivity contribution in [2.75, 3.05) is 0 Å². The Morgan fingerprint density at radius 1 is 1.11 bits per heavy atom. The van der Waals surface area contributed by atoms with Crippen LogP contribution in [0.5, 0.6) is 0 Å². The monoisotopic (exact) mass is 285 g/mol. The Hall–Kier alpha value is -0.0200. The molecule has 0 aliphatic heterocycles. The van der Waals surface area contributed by atoms with E-state index >= 15 is 0 Å². The minimum absolute atomic E-state index is 0.854. The van der Waals surface area contributed by atoms with Gasteiger partial charge in [0.15, 0.2) is 0 Å². The highest BCUT2D eigenvalue weighted by molar-refractivity contribution is 7.99. The Balaban J connectivity index is 2.23. The van der Waals surface area contributed by atoms with E-state index in [0.717, 1.165) is 11.0 Å². The van der Waals surface area contributed by atoms with Gasteiger partial charge in [-0.05, 0) is 12.8 Å². The average molecular weight is 286 g/mol. The molecule has 0 aliphatic rings. The molecular weight excluding hydrogens is 258 g/mol. The predicted molar refractivity (Wildman–Crippen MR) is 85.5 cm³/mol. The lowest BCUT2D eigenvalue weighted by molar-refractivity contribution is 0.583. The fourth-order valence-electron chi connectivity index (χ4n) is 2.07. The topological polar surface area (TPSA) is 12.9 Å². The van der Waals surface area contributed by atoms with Crippen molar-refractivity contribution < 1.29 is 0 Å². The van der Waals surface area contributed by atoms with E-state index in [-0.39, 0.29) is 0 Å². The summed E-state index contributed by atoms with van der Waals surface area (Å²) < 4.78 is 0. The molecule has 0 fully saturated rings. The van der Waals surface area contributed by atoms with Gasteiger partial charge in [-0.15, -0.1) is 11.3 Å². The van der Waals surface area contributed by atoms with Crippen LogP contribution in [0.2, 0.25) is 0 Å². The van der Waals surface area contributed by atoms with Gasteiger partial charge in [-0.3, -0.25) is 0 Å². The SMILES string of the molecule is CCCCCC(CCCCC)SCc1nccs1.